The molecule has 1 N–H and O–H groups in total. The first-order valence-electron chi connectivity index (χ1n) is 4.84. The summed E-state index contributed by atoms with van der Waals surface area (Å²) in [4.78, 5) is 0.577. The van der Waals surface area contributed by atoms with Crippen LogP contribution in [0.15, 0.2) is 29.2 Å². The Morgan fingerprint density at radius 3 is 2.60 bits per heavy atom. The van der Waals surface area contributed by atoms with E-state index in [-0.39, 0.29) is 0 Å². The minimum absolute atomic E-state index is 0.489. The first kappa shape index (κ1) is 10.9. The van der Waals surface area contributed by atoms with Gasteiger partial charge in [-0.2, -0.15) is 8.78 Å². The van der Waals surface area contributed by atoms with Crippen molar-refractivity contribution in [3.05, 3.63) is 29.8 Å². The summed E-state index contributed by atoms with van der Waals surface area (Å²) >= 11 is 0.549. The Morgan fingerprint density at radius 2 is 2.00 bits per heavy atom. The minimum Gasteiger partial charge on any atom is -0.390 e. The van der Waals surface area contributed by atoms with Crippen LogP contribution >= 0.6 is 11.8 Å². The van der Waals surface area contributed by atoms with E-state index >= 15 is 0 Å². The van der Waals surface area contributed by atoms with Crippen LogP contribution in [-0.2, 0) is 6.42 Å². The van der Waals surface area contributed by atoms with Gasteiger partial charge in [-0.1, -0.05) is 30.0 Å². The fourth-order valence-corrected chi connectivity index (χ4v) is 2.18. The van der Waals surface area contributed by atoms with Crippen molar-refractivity contribution in [3.63, 3.8) is 0 Å². The van der Waals surface area contributed by atoms with Crippen molar-refractivity contribution in [3.8, 4) is 0 Å². The molecule has 2 rings (SSSR count). The molecule has 0 heterocycles. The normalized spacial score (nSPS) is 18.1. The van der Waals surface area contributed by atoms with E-state index in [9.17, 15) is 13.9 Å². The zero-order valence-electron chi connectivity index (χ0n) is 8.12. The van der Waals surface area contributed by atoms with E-state index in [1.54, 1.807) is 18.2 Å². The first-order valence-corrected chi connectivity index (χ1v) is 5.72. The average Bonchev–Trinajstić information content (AvgIpc) is 2.86. The number of alkyl halides is 2. The molecule has 1 aromatic carbocycles. The van der Waals surface area contributed by atoms with E-state index in [2.05, 4.69) is 0 Å². The van der Waals surface area contributed by atoms with Crippen molar-refractivity contribution in [2.45, 2.75) is 35.5 Å². The van der Waals surface area contributed by atoms with Gasteiger partial charge in [0.1, 0.15) is 0 Å². The molecule has 0 radical (unpaired) electrons. The number of aliphatic hydroxyl groups is 1. The summed E-state index contributed by atoms with van der Waals surface area (Å²) in [6.07, 6.45) is 2.05. The SMILES string of the molecule is OC1(Cc2ccccc2SC(F)F)CC1. The number of benzene rings is 1. The lowest BCUT2D eigenvalue weighted by Gasteiger charge is -2.11. The van der Waals surface area contributed by atoms with Gasteiger partial charge in [-0.25, -0.2) is 0 Å². The van der Waals surface area contributed by atoms with E-state index in [1.807, 2.05) is 6.07 Å². The van der Waals surface area contributed by atoms with E-state index in [1.165, 1.54) is 0 Å². The molecule has 1 saturated carbocycles. The largest absolute Gasteiger partial charge is 0.390 e. The van der Waals surface area contributed by atoms with Gasteiger partial charge in [0.25, 0.3) is 5.76 Å². The smallest absolute Gasteiger partial charge is 0.288 e. The molecule has 0 aliphatic heterocycles. The monoisotopic (exact) mass is 230 g/mol. The highest BCUT2D eigenvalue weighted by molar-refractivity contribution is 7.99. The lowest BCUT2D eigenvalue weighted by Crippen LogP contribution is -2.11. The van der Waals surface area contributed by atoms with Gasteiger partial charge in [0.15, 0.2) is 0 Å². The first-order chi connectivity index (χ1) is 7.09. The summed E-state index contributed by atoms with van der Waals surface area (Å²) in [5.41, 5.74) is 0.196. The van der Waals surface area contributed by atoms with E-state index in [0.29, 0.717) is 23.1 Å². The fourth-order valence-electron chi connectivity index (χ4n) is 1.54. The molecule has 0 atom stereocenters. The zero-order valence-corrected chi connectivity index (χ0v) is 8.94. The van der Waals surface area contributed by atoms with Crippen molar-refractivity contribution in [2.24, 2.45) is 0 Å². The van der Waals surface area contributed by atoms with E-state index < -0.39 is 11.4 Å². The molecule has 0 bridgehead atoms. The summed E-state index contributed by atoms with van der Waals surface area (Å²) in [5.74, 6) is -2.40. The maximum absolute atomic E-state index is 12.2. The standard InChI is InChI=1S/C11H12F2OS/c12-10(13)15-9-4-2-1-3-8(9)7-11(14)5-6-11/h1-4,10,14H,5-7H2. The molecular weight excluding hydrogens is 218 g/mol. The molecule has 0 saturated heterocycles. The van der Waals surface area contributed by atoms with Crippen LogP contribution in [0.2, 0.25) is 0 Å². The van der Waals surface area contributed by atoms with Gasteiger partial charge in [-0.05, 0) is 24.5 Å². The summed E-state index contributed by atoms with van der Waals surface area (Å²) in [7, 11) is 0. The van der Waals surface area contributed by atoms with Crippen LogP contribution < -0.4 is 0 Å². The maximum atomic E-state index is 12.2. The average molecular weight is 230 g/mol. The Hall–Kier alpha value is -0.610. The van der Waals surface area contributed by atoms with Crippen LogP contribution in [0.4, 0.5) is 8.78 Å². The van der Waals surface area contributed by atoms with E-state index in [0.717, 1.165) is 18.4 Å². The number of hydrogen-bond donors (Lipinski definition) is 1. The molecule has 1 aromatic rings. The van der Waals surface area contributed by atoms with Crippen molar-refractivity contribution in [2.75, 3.05) is 0 Å². The Bertz CT molecular complexity index is 350. The molecule has 0 unspecified atom stereocenters. The van der Waals surface area contributed by atoms with Crippen LogP contribution in [0.1, 0.15) is 18.4 Å². The van der Waals surface area contributed by atoms with Crippen LogP contribution in [0.25, 0.3) is 0 Å². The second-order valence-electron chi connectivity index (χ2n) is 3.89. The third kappa shape index (κ3) is 2.92. The van der Waals surface area contributed by atoms with Gasteiger partial charge in [0.2, 0.25) is 0 Å². The van der Waals surface area contributed by atoms with Gasteiger partial charge in [-0.15, -0.1) is 0 Å². The lowest BCUT2D eigenvalue weighted by molar-refractivity contribution is 0.150. The van der Waals surface area contributed by atoms with Crippen LogP contribution in [0, 0.1) is 0 Å². The summed E-state index contributed by atoms with van der Waals surface area (Å²) in [6, 6.07) is 7.04. The molecular formula is C11H12F2OS. The summed E-state index contributed by atoms with van der Waals surface area (Å²) < 4.78 is 24.5. The molecule has 1 fully saturated rings. The summed E-state index contributed by atoms with van der Waals surface area (Å²) in [5, 5.41) is 9.74. The lowest BCUT2D eigenvalue weighted by atomic mass is 10.1. The predicted molar refractivity (Wildman–Crippen MR) is 56.2 cm³/mol. The number of hydrogen-bond acceptors (Lipinski definition) is 2. The van der Waals surface area contributed by atoms with Crippen LogP contribution in [-0.4, -0.2) is 16.5 Å². The molecule has 82 valence electrons. The second-order valence-corrected chi connectivity index (χ2v) is 4.92. The Kier molecular flexibility index (Phi) is 2.98. The Morgan fingerprint density at radius 1 is 1.33 bits per heavy atom. The van der Waals surface area contributed by atoms with Crippen molar-refractivity contribution in [1.29, 1.82) is 0 Å². The zero-order chi connectivity index (χ0) is 10.9. The Labute approximate surface area is 91.5 Å². The van der Waals surface area contributed by atoms with Gasteiger partial charge in [-0.3, -0.25) is 0 Å². The molecule has 0 amide bonds. The number of rotatable bonds is 4. The Balaban J connectivity index is 2.14. The molecule has 15 heavy (non-hydrogen) atoms. The third-order valence-electron chi connectivity index (χ3n) is 2.54. The van der Waals surface area contributed by atoms with Gasteiger partial charge in [0, 0.05) is 11.3 Å². The van der Waals surface area contributed by atoms with Crippen molar-refractivity contribution < 1.29 is 13.9 Å². The summed E-state index contributed by atoms with van der Waals surface area (Å²) in [6.45, 7) is 0. The van der Waals surface area contributed by atoms with E-state index in [4.69, 9.17) is 0 Å². The van der Waals surface area contributed by atoms with Crippen LogP contribution in [0.3, 0.4) is 0 Å². The van der Waals surface area contributed by atoms with Gasteiger partial charge < -0.3 is 5.11 Å². The van der Waals surface area contributed by atoms with Gasteiger partial charge in [0.05, 0.1) is 5.60 Å². The molecule has 1 nitrogen and oxygen atoms in total. The molecule has 1 aliphatic carbocycles. The topological polar surface area (TPSA) is 20.2 Å². The molecule has 0 aromatic heterocycles. The maximum Gasteiger partial charge on any atom is 0.288 e. The quantitative estimate of drug-likeness (QED) is 0.802. The highest BCUT2D eigenvalue weighted by Crippen LogP contribution is 2.40. The minimum atomic E-state index is -2.40. The second kappa shape index (κ2) is 4.10. The molecule has 4 heteroatoms. The molecule has 1 aliphatic rings. The highest BCUT2D eigenvalue weighted by atomic mass is 32.2. The molecule has 0 spiro atoms. The third-order valence-corrected chi connectivity index (χ3v) is 3.37. The van der Waals surface area contributed by atoms with Gasteiger partial charge >= 0.3 is 0 Å². The van der Waals surface area contributed by atoms with Crippen molar-refractivity contribution >= 4 is 11.8 Å². The predicted octanol–water partition coefficient (Wildman–Crippen LogP) is 3.07. The van der Waals surface area contributed by atoms with Crippen LogP contribution in [0.5, 0.6) is 0 Å². The highest BCUT2D eigenvalue weighted by Gasteiger charge is 2.40. The van der Waals surface area contributed by atoms with Crippen molar-refractivity contribution in [1.82, 2.24) is 0 Å². The number of halogens is 2. The number of thioether (sulfide) groups is 1. The fraction of sp³-hybridized carbons (Fsp3) is 0.455.